The number of halogens is 1. The van der Waals surface area contributed by atoms with Crippen molar-refractivity contribution in [2.45, 2.75) is 19.3 Å². The summed E-state index contributed by atoms with van der Waals surface area (Å²) in [5.74, 6) is -0.0297. The van der Waals surface area contributed by atoms with Gasteiger partial charge in [0.15, 0.2) is 0 Å². The van der Waals surface area contributed by atoms with E-state index >= 15 is 0 Å². The van der Waals surface area contributed by atoms with Crippen LogP contribution in [0.4, 0.5) is 0 Å². The lowest BCUT2D eigenvalue weighted by atomic mass is 10.1. The molecule has 0 bridgehead atoms. The summed E-state index contributed by atoms with van der Waals surface area (Å²) in [7, 11) is 1.62. The van der Waals surface area contributed by atoms with Crippen LogP contribution in [-0.2, 0) is 4.79 Å². The zero-order valence-corrected chi connectivity index (χ0v) is 12.8. The Morgan fingerprint density at radius 3 is 2.80 bits per heavy atom. The molecule has 1 atom stereocenters. The molecule has 3 nitrogen and oxygen atoms in total. The van der Waals surface area contributed by atoms with Crippen molar-refractivity contribution < 1.29 is 14.6 Å². The van der Waals surface area contributed by atoms with E-state index < -0.39 is 5.97 Å². The van der Waals surface area contributed by atoms with Gasteiger partial charge in [0.05, 0.1) is 13.5 Å². The second-order valence-electron chi connectivity index (χ2n) is 4.55. The van der Waals surface area contributed by atoms with Crippen molar-refractivity contribution in [2.75, 3.05) is 7.11 Å². The van der Waals surface area contributed by atoms with Crippen LogP contribution in [-0.4, -0.2) is 18.2 Å². The molecule has 1 heterocycles. The highest BCUT2D eigenvalue weighted by molar-refractivity contribution is 7.15. The minimum absolute atomic E-state index is 0.00331. The van der Waals surface area contributed by atoms with Gasteiger partial charge in [-0.3, -0.25) is 4.79 Å². The summed E-state index contributed by atoms with van der Waals surface area (Å²) in [5.41, 5.74) is 0.929. The molecule has 0 fully saturated rings. The molecule has 106 valence electrons. The lowest BCUT2D eigenvalue weighted by Gasteiger charge is -2.07. The summed E-state index contributed by atoms with van der Waals surface area (Å²) in [6, 6.07) is 9.42. The van der Waals surface area contributed by atoms with Crippen molar-refractivity contribution in [3.05, 3.63) is 40.2 Å². The number of carboxylic acids is 1. The molecule has 0 radical (unpaired) electrons. The normalized spacial score (nSPS) is 12.2. The molecule has 0 saturated heterocycles. The molecule has 0 aliphatic carbocycles. The van der Waals surface area contributed by atoms with E-state index in [0.717, 1.165) is 21.1 Å². The van der Waals surface area contributed by atoms with Crippen molar-refractivity contribution in [3.8, 4) is 16.2 Å². The van der Waals surface area contributed by atoms with Gasteiger partial charge in [0.1, 0.15) is 5.75 Å². The van der Waals surface area contributed by atoms with Crippen molar-refractivity contribution in [3.63, 3.8) is 0 Å². The summed E-state index contributed by atoms with van der Waals surface area (Å²) in [4.78, 5) is 12.8. The molecule has 1 unspecified atom stereocenters. The maximum atomic E-state index is 10.8. The van der Waals surface area contributed by atoms with Gasteiger partial charge in [0.2, 0.25) is 0 Å². The zero-order chi connectivity index (χ0) is 14.7. The number of carboxylic acid groups (broad SMARTS) is 1. The number of carbonyl (C=O) groups is 1. The topological polar surface area (TPSA) is 46.5 Å². The predicted octanol–water partition coefficient (Wildman–Crippen LogP) is 4.66. The van der Waals surface area contributed by atoms with E-state index in [2.05, 4.69) is 0 Å². The SMILES string of the molecule is COc1ccc(Cl)cc1-c1ccc(C(C)CC(=O)O)s1. The molecule has 1 N–H and O–H groups in total. The first-order valence-electron chi connectivity index (χ1n) is 6.16. The summed E-state index contributed by atoms with van der Waals surface area (Å²) in [6.45, 7) is 1.92. The first kappa shape index (κ1) is 14.9. The Morgan fingerprint density at radius 2 is 2.15 bits per heavy atom. The maximum Gasteiger partial charge on any atom is 0.303 e. The number of methoxy groups -OCH3 is 1. The summed E-state index contributed by atoms with van der Waals surface area (Å²) in [5, 5.41) is 9.50. The van der Waals surface area contributed by atoms with Gasteiger partial charge >= 0.3 is 5.97 Å². The second-order valence-corrected chi connectivity index (χ2v) is 6.10. The number of aliphatic carboxylic acids is 1. The number of ether oxygens (including phenoxy) is 1. The highest BCUT2D eigenvalue weighted by Crippen LogP contribution is 2.39. The summed E-state index contributed by atoms with van der Waals surface area (Å²) >= 11 is 7.61. The zero-order valence-electron chi connectivity index (χ0n) is 11.2. The Kier molecular flexibility index (Phi) is 4.68. The van der Waals surface area contributed by atoms with Crippen LogP contribution in [0.3, 0.4) is 0 Å². The van der Waals surface area contributed by atoms with Gasteiger partial charge in [-0.2, -0.15) is 0 Å². The molecule has 1 aromatic heterocycles. The minimum Gasteiger partial charge on any atom is -0.496 e. The molecule has 0 aliphatic heterocycles. The quantitative estimate of drug-likeness (QED) is 0.874. The van der Waals surface area contributed by atoms with Crippen LogP contribution in [0.2, 0.25) is 5.02 Å². The van der Waals surface area contributed by atoms with Crippen LogP contribution in [0.15, 0.2) is 30.3 Å². The molecule has 1 aromatic carbocycles. The molecule has 20 heavy (non-hydrogen) atoms. The molecular formula is C15H15ClO3S. The van der Waals surface area contributed by atoms with E-state index in [9.17, 15) is 4.79 Å². The van der Waals surface area contributed by atoms with E-state index in [1.165, 1.54) is 0 Å². The molecule has 0 aliphatic rings. The van der Waals surface area contributed by atoms with Crippen LogP contribution in [0.25, 0.3) is 10.4 Å². The highest BCUT2D eigenvalue weighted by Gasteiger charge is 2.15. The lowest BCUT2D eigenvalue weighted by molar-refractivity contribution is -0.137. The van der Waals surface area contributed by atoms with Crippen molar-refractivity contribution in [2.24, 2.45) is 0 Å². The third kappa shape index (κ3) is 3.32. The minimum atomic E-state index is -0.784. The van der Waals surface area contributed by atoms with Crippen LogP contribution in [0.5, 0.6) is 5.75 Å². The molecule has 2 aromatic rings. The van der Waals surface area contributed by atoms with Crippen molar-refractivity contribution in [1.82, 2.24) is 0 Å². The third-order valence-corrected chi connectivity index (χ3v) is 4.61. The predicted molar refractivity (Wildman–Crippen MR) is 82.0 cm³/mol. The number of benzene rings is 1. The van der Waals surface area contributed by atoms with Gasteiger partial charge in [0.25, 0.3) is 0 Å². The fraction of sp³-hybridized carbons (Fsp3) is 0.267. The lowest BCUT2D eigenvalue weighted by Crippen LogP contribution is -2.00. The largest absolute Gasteiger partial charge is 0.496 e. The Labute approximate surface area is 126 Å². The Bertz CT molecular complexity index is 621. The van der Waals surface area contributed by atoms with Gasteiger partial charge in [-0.1, -0.05) is 18.5 Å². The first-order chi connectivity index (χ1) is 9.51. The molecule has 0 saturated carbocycles. The number of thiophene rings is 1. The van der Waals surface area contributed by atoms with E-state index in [0.29, 0.717) is 5.02 Å². The molecule has 0 spiro atoms. The van der Waals surface area contributed by atoms with Gasteiger partial charge in [-0.05, 0) is 30.3 Å². The Hall–Kier alpha value is -1.52. The van der Waals surface area contributed by atoms with Crippen LogP contribution in [0.1, 0.15) is 24.1 Å². The third-order valence-electron chi connectivity index (χ3n) is 3.02. The Morgan fingerprint density at radius 1 is 1.40 bits per heavy atom. The standard InChI is InChI=1S/C15H15ClO3S/c1-9(7-15(17)18)13-5-6-14(20-13)11-8-10(16)3-4-12(11)19-2/h3-6,8-9H,7H2,1-2H3,(H,17,18). The Balaban J connectivity index is 2.33. The average molecular weight is 311 g/mol. The number of hydrogen-bond donors (Lipinski definition) is 1. The summed E-state index contributed by atoms with van der Waals surface area (Å²) < 4.78 is 5.34. The maximum absolute atomic E-state index is 10.8. The van der Waals surface area contributed by atoms with E-state index in [4.69, 9.17) is 21.4 Å². The number of hydrogen-bond acceptors (Lipinski definition) is 3. The average Bonchev–Trinajstić information content (AvgIpc) is 2.87. The monoisotopic (exact) mass is 310 g/mol. The van der Waals surface area contributed by atoms with Gasteiger partial charge in [-0.15, -0.1) is 11.3 Å². The van der Waals surface area contributed by atoms with E-state index in [1.807, 2.05) is 31.2 Å². The second kappa shape index (κ2) is 6.29. The van der Waals surface area contributed by atoms with E-state index in [1.54, 1.807) is 24.5 Å². The molecular weight excluding hydrogens is 296 g/mol. The molecule has 2 rings (SSSR count). The van der Waals surface area contributed by atoms with E-state index in [-0.39, 0.29) is 12.3 Å². The number of rotatable bonds is 5. The van der Waals surface area contributed by atoms with Crippen molar-refractivity contribution >= 4 is 28.9 Å². The summed E-state index contributed by atoms with van der Waals surface area (Å²) in [6.07, 6.45) is 0.132. The van der Waals surface area contributed by atoms with Gasteiger partial charge < -0.3 is 9.84 Å². The molecule has 5 heteroatoms. The van der Waals surface area contributed by atoms with Crippen LogP contribution in [0, 0.1) is 0 Å². The van der Waals surface area contributed by atoms with Crippen molar-refractivity contribution in [1.29, 1.82) is 0 Å². The van der Waals surface area contributed by atoms with Crippen LogP contribution < -0.4 is 4.74 Å². The van der Waals surface area contributed by atoms with Gasteiger partial charge in [0, 0.05) is 26.3 Å². The fourth-order valence-electron chi connectivity index (χ4n) is 2.00. The smallest absolute Gasteiger partial charge is 0.303 e. The first-order valence-corrected chi connectivity index (χ1v) is 7.36. The highest BCUT2D eigenvalue weighted by atomic mass is 35.5. The van der Waals surface area contributed by atoms with Crippen LogP contribution >= 0.6 is 22.9 Å². The fourth-order valence-corrected chi connectivity index (χ4v) is 3.25. The molecule has 0 amide bonds. The van der Waals surface area contributed by atoms with Gasteiger partial charge in [-0.25, -0.2) is 0 Å².